The number of carbonyl (C=O) groups is 1. The molecule has 1 unspecified atom stereocenters. The van der Waals surface area contributed by atoms with Crippen LogP contribution in [0.4, 0.5) is 0 Å². The van der Waals surface area contributed by atoms with E-state index in [1.807, 2.05) is 33.8 Å². The molecule has 0 aromatic carbocycles. The summed E-state index contributed by atoms with van der Waals surface area (Å²) in [6.07, 6.45) is 4.41. The summed E-state index contributed by atoms with van der Waals surface area (Å²) in [5.74, 6) is -0.209. The molecule has 94 valence electrons. The second-order valence-electron chi connectivity index (χ2n) is 3.43. The molecule has 0 aromatic rings. The summed E-state index contributed by atoms with van der Waals surface area (Å²) in [4.78, 5) is 11.3. The molecule has 0 aliphatic heterocycles. The van der Waals surface area contributed by atoms with Crippen LogP contribution in [0, 0.1) is 5.92 Å². The fourth-order valence-electron chi connectivity index (χ4n) is 1.21. The topological polar surface area (TPSA) is 26.3 Å². The van der Waals surface area contributed by atoms with Gasteiger partial charge in [0.25, 0.3) is 0 Å². The Morgan fingerprint density at radius 2 is 2.00 bits per heavy atom. The lowest BCUT2D eigenvalue weighted by atomic mass is 9.99. The highest BCUT2D eigenvalue weighted by molar-refractivity contribution is 5.72. The standard InChI is InChI=1S/C12H20O2.C2H6/c1-5-7-8-10(3)9-11(4)12(13)14-6-2;1-2/h5,11H,1,3,6-9H2,2,4H3;1-2H3. The van der Waals surface area contributed by atoms with Crippen LogP contribution < -0.4 is 0 Å². The Labute approximate surface area is 100 Å². The molecule has 0 bridgehead atoms. The van der Waals surface area contributed by atoms with Crippen LogP contribution in [0.5, 0.6) is 0 Å². The number of ether oxygens (including phenoxy) is 1. The molecule has 0 saturated carbocycles. The molecule has 0 rings (SSSR count). The first-order valence-corrected chi connectivity index (χ1v) is 6.06. The number of hydrogen-bond acceptors (Lipinski definition) is 2. The van der Waals surface area contributed by atoms with E-state index in [1.54, 1.807) is 0 Å². The van der Waals surface area contributed by atoms with Gasteiger partial charge in [0, 0.05) is 0 Å². The van der Waals surface area contributed by atoms with Gasteiger partial charge in [-0.3, -0.25) is 4.79 Å². The van der Waals surface area contributed by atoms with E-state index in [0.717, 1.165) is 18.4 Å². The molecule has 2 nitrogen and oxygen atoms in total. The van der Waals surface area contributed by atoms with Crippen LogP contribution in [0.1, 0.15) is 47.0 Å². The Morgan fingerprint density at radius 3 is 2.44 bits per heavy atom. The molecule has 0 aliphatic rings. The summed E-state index contributed by atoms with van der Waals surface area (Å²) < 4.78 is 4.91. The fraction of sp³-hybridized carbons (Fsp3) is 0.643. The van der Waals surface area contributed by atoms with Crippen molar-refractivity contribution in [3.05, 3.63) is 24.8 Å². The highest BCUT2D eigenvalue weighted by Gasteiger charge is 2.14. The largest absolute Gasteiger partial charge is 0.466 e. The zero-order valence-corrected chi connectivity index (χ0v) is 11.2. The van der Waals surface area contributed by atoms with Gasteiger partial charge in [0.05, 0.1) is 12.5 Å². The van der Waals surface area contributed by atoms with Crippen LogP contribution in [0.15, 0.2) is 24.8 Å². The number of hydrogen-bond donors (Lipinski definition) is 0. The van der Waals surface area contributed by atoms with Gasteiger partial charge in [-0.05, 0) is 26.2 Å². The van der Waals surface area contributed by atoms with Crippen molar-refractivity contribution in [3.8, 4) is 0 Å². The van der Waals surface area contributed by atoms with Crippen LogP contribution in [0.2, 0.25) is 0 Å². The molecular formula is C14H26O2. The first-order valence-electron chi connectivity index (χ1n) is 6.06. The SMILES string of the molecule is C=CCCC(=C)CC(C)C(=O)OCC.CC. The normalized spacial score (nSPS) is 10.8. The predicted molar refractivity (Wildman–Crippen MR) is 70.3 cm³/mol. The van der Waals surface area contributed by atoms with Gasteiger partial charge < -0.3 is 4.74 Å². The highest BCUT2D eigenvalue weighted by Crippen LogP contribution is 2.15. The van der Waals surface area contributed by atoms with E-state index in [0.29, 0.717) is 13.0 Å². The molecule has 0 radical (unpaired) electrons. The Morgan fingerprint density at radius 1 is 1.44 bits per heavy atom. The monoisotopic (exact) mass is 226 g/mol. The molecule has 0 fully saturated rings. The van der Waals surface area contributed by atoms with E-state index in [1.165, 1.54) is 0 Å². The van der Waals surface area contributed by atoms with Crippen molar-refractivity contribution < 1.29 is 9.53 Å². The molecule has 16 heavy (non-hydrogen) atoms. The maximum Gasteiger partial charge on any atom is 0.308 e. The minimum atomic E-state index is -0.132. The first-order chi connectivity index (χ1) is 7.61. The summed E-state index contributed by atoms with van der Waals surface area (Å²) in [7, 11) is 0. The van der Waals surface area contributed by atoms with Crippen molar-refractivity contribution in [2.75, 3.05) is 6.61 Å². The van der Waals surface area contributed by atoms with E-state index in [4.69, 9.17) is 4.74 Å². The van der Waals surface area contributed by atoms with Crippen LogP contribution >= 0.6 is 0 Å². The Kier molecular flexibility index (Phi) is 13.0. The quantitative estimate of drug-likeness (QED) is 0.482. The molecular weight excluding hydrogens is 200 g/mol. The first kappa shape index (κ1) is 17.3. The summed E-state index contributed by atoms with van der Waals surface area (Å²) in [5.41, 5.74) is 1.09. The van der Waals surface area contributed by atoms with Crippen molar-refractivity contribution in [2.45, 2.75) is 47.0 Å². The third kappa shape index (κ3) is 9.50. The fourth-order valence-corrected chi connectivity index (χ4v) is 1.21. The second-order valence-corrected chi connectivity index (χ2v) is 3.43. The van der Waals surface area contributed by atoms with E-state index in [-0.39, 0.29) is 11.9 Å². The van der Waals surface area contributed by atoms with Gasteiger partial charge in [-0.1, -0.05) is 39.0 Å². The smallest absolute Gasteiger partial charge is 0.308 e. The van der Waals surface area contributed by atoms with Crippen molar-refractivity contribution in [3.63, 3.8) is 0 Å². The van der Waals surface area contributed by atoms with E-state index in [9.17, 15) is 4.79 Å². The van der Waals surface area contributed by atoms with Gasteiger partial charge in [0.1, 0.15) is 0 Å². The summed E-state index contributed by atoms with van der Waals surface area (Å²) >= 11 is 0. The van der Waals surface area contributed by atoms with Crippen molar-refractivity contribution in [2.24, 2.45) is 5.92 Å². The molecule has 0 heterocycles. The molecule has 0 aromatic heterocycles. The Bertz CT molecular complexity index is 207. The van der Waals surface area contributed by atoms with E-state index < -0.39 is 0 Å². The van der Waals surface area contributed by atoms with Gasteiger partial charge in [0.15, 0.2) is 0 Å². The number of carbonyl (C=O) groups excluding carboxylic acids is 1. The molecule has 1 atom stereocenters. The van der Waals surface area contributed by atoms with E-state index in [2.05, 4.69) is 13.2 Å². The van der Waals surface area contributed by atoms with Crippen LogP contribution in [-0.4, -0.2) is 12.6 Å². The third-order valence-electron chi connectivity index (χ3n) is 1.99. The van der Waals surface area contributed by atoms with Gasteiger partial charge in [-0.2, -0.15) is 0 Å². The molecule has 2 heteroatoms. The molecule has 0 amide bonds. The van der Waals surface area contributed by atoms with Crippen molar-refractivity contribution in [1.82, 2.24) is 0 Å². The molecule has 0 saturated heterocycles. The summed E-state index contributed by atoms with van der Waals surface area (Å²) in [6, 6.07) is 0. The van der Waals surface area contributed by atoms with Crippen LogP contribution in [0.3, 0.4) is 0 Å². The summed E-state index contributed by atoms with van der Waals surface area (Å²) in [5, 5.41) is 0. The van der Waals surface area contributed by atoms with Crippen LogP contribution in [-0.2, 0) is 9.53 Å². The van der Waals surface area contributed by atoms with Crippen molar-refractivity contribution in [1.29, 1.82) is 0 Å². The van der Waals surface area contributed by atoms with E-state index >= 15 is 0 Å². The lowest BCUT2D eigenvalue weighted by Gasteiger charge is -2.11. The maximum absolute atomic E-state index is 11.3. The van der Waals surface area contributed by atoms with Crippen LogP contribution in [0.25, 0.3) is 0 Å². The lowest BCUT2D eigenvalue weighted by Crippen LogP contribution is -2.15. The minimum Gasteiger partial charge on any atom is -0.466 e. The molecule has 0 aliphatic carbocycles. The molecule has 0 spiro atoms. The average Bonchev–Trinajstić information content (AvgIpc) is 2.29. The third-order valence-corrected chi connectivity index (χ3v) is 1.99. The van der Waals surface area contributed by atoms with Gasteiger partial charge in [-0.25, -0.2) is 0 Å². The van der Waals surface area contributed by atoms with Gasteiger partial charge in [0.2, 0.25) is 0 Å². The number of esters is 1. The lowest BCUT2D eigenvalue weighted by molar-refractivity contribution is -0.147. The zero-order valence-electron chi connectivity index (χ0n) is 11.2. The highest BCUT2D eigenvalue weighted by atomic mass is 16.5. The van der Waals surface area contributed by atoms with Gasteiger partial charge >= 0.3 is 5.97 Å². The molecule has 0 N–H and O–H groups in total. The van der Waals surface area contributed by atoms with Crippen molar-refractivity contribution >= 4 is 5.97 Å². The van der Waals surface area contributed by atoms with Gasteiger partial charge in [-0.15, -0.1) is 6.58 Å². The Balaban J connectivity index is 0. The number of allylic oxidation sites excluding steroid dienone is 2. The maximum atomic E-state index is 11.3. The predicted octanol–water partition coefficient (Wildman–Crippen LogP) is 4.12. The zero-order chi connectivity index (χ0) is 13.0. The average molecular weight is 226 g/mol. The Hall–Kier alpha value is -1.05. The number of rotatable bonds is 7. The minimum absolute atomic E-state index is 0.0766. The second kappa shape index (κ2) is 12.0. The summed E-state index contributed by atoms with van der Waals surface area (Å²) in [6.45, 7) is 15.7.